The van der Waals surface area contributed by atoms with Gasteiger partial charge in [0, 0.05) is 44.6 Å². The van der Waals surface area contributed by atoms with Gasteiger partial charge < -0.3 is 14.3 Å². The second-order valence-corrected chi connectivity index (χ2v) is 6.75. The second-order valence-electron chi connectivity index (χ2n) is 6.75. The van der Waals surface area contributed by atoms with Gasteiger partial charge in [0.2, 0.25) is 0 Å². The van der Waals surface area contributed by atoms with E-state index in [1.54, 1.807) is 0 Å². The summed E-state index contributed by atoms with van der Waals surface area (Å²) in [6.45, 7) is 4.86. The topological polar surface area (TPSA) is 120 Å². The fourth-order valence-corrected chi connectivity index (χ4v) is 2.76. The van der Waals surface area contributed by atoms with Gasteiger partial charge in [0.05, 0.1) is 31.9 Å². The lowest BCUT2D eigenvalue weighted by atomic mass is 10.1. The molecule has 0 bridgehead atoms. The third kappa shape index (κ3) is 7.53. The standard InChI is InChI=1S/C20H26N2O8/c1-15-4-5-19(26)22(15)30-20(27)9-12-29-14-13-28-11-2-3-16(23)8-10-21-17(24)6-7-18(21)25/h6-7H,1-5,8-14H2. The molecule has 164 valence electrons. The zero-order valence-electron chi connectivity index (χ0n) is 16.8. The number of hydroxylamine groups is 2. The zero-order valence-corrected chi connectivity index (χ0v) is 16.8. The molecule has 3 amide bonds. The summed E-state index contributed by atoms with van der Waals surface area (Å²) in [4.78, 5) is 63.7. The van der Waals surface area contributed by atoms with E-state index in [0.29, 0.717) is 44.6 Å². The number of nitrogens with zero attached hydrogens (tertiary/aromatic N) is 2. The van der Waals surface area contributed by atoms with E-state index >= 15 is 0 Å². The molecule has 0 aromatic rings. The lowest BCUT2D eigenvalue weighted by Gasteiger charge is -2.15. The third-order valence-corrected chi connectivity index (χ3v) is 4.42. The van der Waals surface area contributed by atoms with Crippen molar-refractivity contribution in [3.8, 4) is 0 Å². The van der Waals surface area contributed by atoms with Crippen LogP contribution in [0.2, 0.25) is 0 Å². The molecule has 0 aliphatic carbocycles. The van der Waals surface area contributed by atoms with Gasteiger partial charge in [0.1, 0.15) is 5.78 Å². The van der Waals surface area contributed by atoms with Crippen molar-refractivity contribution in [3.05, 3.63) is 24.4 Å². The maximum Gasteiger partial charge on any atom is 0.335 e. The second kappa shape index (κ2) is 12.0. The number of hydrogen-bond donors (Lipinski definition) is 0. The Kier molecular flexibility index (Phi) is 9.36. The maximum absolute atomic E-state index is 11.8. The Bertz CT molecular complexity index is 696. The molecule has 2 aliphatic rings. The van der Waals surface area contributed by atoms with Crippen molar-refractivity contribution in [3.63, 3.8) is 0 Å². The molecule has 0 aromatic heterocycles. The molecule has 0 spiro atoms. The smallest absolute Gasteiger partial charge is 0.335 e. The van der Waals surface area contributed by atoms with Crippen LogP contribution in [0.15, 0.2) is 24.4 Å². The van der Waals surface area contributed by atoms with Gasteiger partial charge in [-0.2, -0.15) is 0 Å². The summed E-state index contributed by atoms with van der Waals surface area (Å²) >= 11 is 0. The van der Waals surface area contributed by atoms with E-state index in [9.17, 15) is 24.0 Å². The Labute approximate surface area is 174 Å². The van der Waals surface area contributed by atoms with E-state index in [1.807, 2.05) is 0 Å². The normalized spacial score (nSPS) is 16.1. The number of hydrogen-bond acceptors (Lipinski definition) is 8. The molecule has 30 heavy (non-hydrogen) atoms. The summed E-state index contributed by atoms with van der Waals surface area (Å²) in [6.07, 6.45) is 4.13. The molecule has 1 saturated heterocycles. The number of amides is 3. The summed E-state index contributed by atoms with van der Waals surface area (Å²) < 4.78 is 10.6. The predicted molar refractivity (Wildman–Crippen MR) is 102 cm³/mol. The van der Waals surface area contributed by atoms with Gasteiger partial charge in [-0.05, 0) is 12.8 Å². The van der Waals surface area contributed by atoms with Gasteiger partial charge >= 0.3 is 5.97 Å². The molecular weight excluding hydrogens is 396 g/mol. The number of rotatable bonds is 14. The zero-order chi connectivity index (χ0) is 21.9. The summed E-state index contributed by atoms with van der Waals surface area (Å²) in [7, 11) is 0. The minimum atomic E-state index is -0.570. The highest BCUT2D eigenvalue weighted by Crippen LogP contribution is 2.20. The average Bonchev–Trinajstić information content (AvgIpc) is 3.20. The minimum Gasteiger partial charge on any atom is -0.379 e. The number of carbonyl (C=O) groups excluding carboxylic acids is 5. The molecule has 0 aromatic carbocycles. The van der Waals surface area contributed by atoms with E-state index < -0.39 is 5.97 Å². The monoisotopic (exact) mass is 422 g/mol. The molecular formula is C20H26N2O8. The highest BCUT2D eigenvalue weighted by atomic mass is 16.7. The summed E-state index contributed by atoms with van der Waals surface area (Å²) in [6, 6.07) is 0. The first-order valence-electron chi connectivity index (χ1n) is 9.80. The number of Topliss-reactive ketones (excluding diaryl/α,β-unsaturated/α-hetero) is 1. The molecule has 10 nitrogen and oxygen atoms in total. The fraction of sp³-hybridized carbons (Fsp3) is 0.550. The van der Waals surface area contributed by atoms with Crippen LogP contribution in [0.4, 0.5) is 0 Å². The van der Waals surface area contributed by atoms with Crippen molar-refractivity contribution in [2.45, 2.75) is 38.5 Å². The van der Waals surface area contributed by atoms with Gasteiger partial charge in [-0.1, -0.05) is 6.58 Å². The number of carbonyl (C=O) groups is 5. The summed E-state index contributed by atoms with van der Waals surface area (Å²) in [5.74, 6) is -1.67. The number of ketones is 1. The van der Waals surface area contributed by atoms with Crippen LogP contribution in [0.5, 0.6) is 0 Å². The summed E-state index contributed by atoms with van der Waals surface area (Å²) in [5, 5.41) is 0.935. The Morgan fingerprint density at radius 2 is 1.57 bits per heavy atom. The first-order valence-corrected chi connectivity index (χ1v) is 9.80. The van der Waals surface area contributed by atoms with Crippen molar-refractivity contribution in [2.24, 2.45) is 0 Å². The Morgan fingerprint density at radius 1 is 0.900 bits per heavy atom. The quantitative estimate of drug-likeness (QED) is 0.296. The van der Waals surface area contributed by atoms with Crippen LogP contribution in [0.3, 0.4) is 0 Å². The molecule has 0 radical (unpaired) electrons. The molecule has 0 atom stereocenters. The van der Waals surface area contributed by atoms with Crippen LogP contribution in [-0.4, -0.2) is 72.4 Å². The predicted octanol–water partition coefficient (Wildman–Crippen LogP) is 0.668. The van der Waals surface area contributed by atoms with Crippen molar-refractivity contribution >= 4 is 29.5 Å². The van der Waals surface area contributed by atoms with Gasteiger partial charge in [-0.25, -0.2) is 4.79 Å². The highest BCUT2D eigenvalue weighted by Gasteiger charge is 2.28. The summed E-state index contributed by atoms with van der Waals surface area (Å²) in [5.41, 5.74) is 0.469. The van der Waals surface area contributed by atoms with Crippen LogP contribution in [-0.2, 0) is 38.3 Å². The van der Waals surface area contributed by atoms with Crippen LogP contribution >= 0.6 is 0 Å². The number of allylic oxidation sites excluding steroid dienone is 1. The van der Waals surface area contributed by atoms with Crippen molar-refractivity contribution < 1.29 is 38.3 Å². The van der Waals surface area contributed by atoms with Crippen molar-refractivity contribution in [1.29, 1.82) is 0 Å². The van der Waals surface area contributed by atoms with Crippen LogP contribution < -0.4 is 0 Å². The third-order valence-electron chi connectivity index (χ3n) is 4.42. The molecule has 0 saturated carbocycles. The van der Waals surface area contributed by atoms with E-state index in [1.165, 1.54) is 12.2 Å². The number of ether oxygens (including phenoxy) is 2. The van der Waals surface area contributed by atoms with Gasteiger partial charge in [0.25, 0.3) is 17.7 Å². The Hall–Kier alpha value is -2.85. The first-order chi connectivity index (χ1) is 14.4. The average molecular weight is 422 g/mol. The molecule has 2 aliphatic heterocycles. The lowest BCUT2D eigenvalue weighted by molar-refractivity contribution is -0.187. The Morgan fingerprint density at radius 3 is 2.20 bits per heavy atom. The molecule has 0 N–H and O–H groups in total. The van der Waals surface area contributed by atoms with Crippen molar-refractivity contribution in [2.75, 3.05) is 33.0 Å². The van der Waals surface area contributed by atoms with Gasteiger partial charge in [-0.15, -0.1) is 5.06 Å². The van der Waals surface area contributed by atoms with Crippen LogP contribution in [0.1, 0.15) is 38.5 Å². The van der Waals surface area contributed by atoms with Gasteiger partial charge in [-0.3, -0.25) is 24.1 Å². The van der Waals surface area contributed by atoms with E-state index in [0.717, 1.165) is 9.96 Å². The van der Waals surface area contributed by atoms with E-state index in [4.69, 9.17) is 14.3 Å². The molecule has 1 fully saturated rings. The van der Waals surface area contributed by atoms with Gasteiger partial charge in [0.15, 0.2) is 0 Å². The maximum atomic E-state index is 11.8. The van der Waals surface area contributed by atoms with Crippen molar-refractivity contribution in [1.82, 2.24) is 9.96 Å². The molecule has 10 heteroatoms. The molecule has 2 rings (SSSR count). The molecule has 2 heterocycles. The SMILES string of the molecule is C=C1CCC(=O)N1OC(=O)CCOCCOCCCC(=O)CCN1C(=O)C=CC1=O. The minimum absolute atomic E-state index is 0.00308. The van der Waals surface area contributed by atoms with Crippen LogP contribution in [0, 0.1) is 0 Å². The first kappa shape index (κ1) is 23.4. The lowest BCUT2D eigenvalue weighted by Crippen LogP contribution is -2.32. The van der Waals surface area contributed by atoms with Crippen LogP contribution in [0.25, 0.3) is 0 Å². The molecule has 0 unspecified atom stereocenters. The largest absolute Gasteiger partial charge is 0.379 e. The van der Waals surface area contributed by atoms with E-state index in [-0.39, 0.29) is 56.1 Å². The Balaban J connectivity index is 1.40. The number of imide groups is 1. The van der Waals surface area contributed by atoms with E-state index in [2.05, 4.69) is 6.58 Å². The highest BCUT2D eigenvalue weighted by molar-refractivity contribution is 6.13. The fourth-order valence-electron chi connectivity index (χ4n) is 2.76.